The highest BCUT2D eigenvalue weighted by atomic mass is 32.1. The van der Waals surface area contributed by atoms with E-state index in [2.05, 4.69) is 15.7 Å². The predicted octanol–water partition coefficient (Wildman–Crippen LogP) is 1.40. The van der Waals surface area contributed by atoms with E-state index in [4.69, 9.17) is 4.84 Å². The summed E-state index contributed by atoms with van der Waals surface area (Å²) in [5.74, 6) is 0.523. The Bertz CT molecular complexity index is 183. The minimum Gasteiger partial charge on any atom is -0.335 e. The Morgan fingerprint density at radius 2 is 2.78 bits per heavy atom. The summed E-state index contributed by atoms with van der Waals surface area (Å²) in [5.41, 5.74) is 0. The molecule has 0 spiro atoms. The van der Waals surface area contributed by atoms with Crippen LogP contribution in [0.25, 0.3) is 0 Å². The van der Waals surface area contributed by atoms with Gasteiger partial charge in [-0.2, -0.15) is 4.37 Å². The van der Waals surface area contributed by atoms with Crippen LogP contribution in [0.2, 0.25) is 0 Å². The second-order valence-electron chi connectivity index (χ2n) is 1.24. The van der Waals surface area contributed by atoms with E-state index >= 15 is 0 Å². The zero-order valence-electron chi connectivity index (χ0n) is 4.87. The van der Waals surface area contributed by atoms with Crippen molar-refractivity contribution in [2.75, 3.05) is 0 Å². The topological polar surface area (TPSA) is 34.5 Å². The molecule has 9 heavy (non-hydrogen) atoms. The fourth-order valence-electron chi connectivity index (χ4n) is 0.341. The van der Waals surface area contributed by atoms with Crippen LogP contribution < -0.4 is 4.84 Å². The number of nitrogens with zero attached hydrogens (tertiary/aromatic N) is 2. The Morgan fingerprint density at radius 3 is 3.33 bits per heavy atom. The molecule has 0 aliphatic rings. The molecular formula is C5H5N2OS. The summed E-state index contributed by atoms with van der Waals surface area (Å²) in [6.07, 6.45) is 2.47. The lowest BCUT2D eigenvalue weighted by molar-refractivity contribution is 0.333. The summed E-state index contributed by atoms with van der Waals surface area (Å²) in [7, 11) is 0. The maximum absolute atomic E-state index is 4.71. The van der Waals surface area contributed by atoms with Crippen LogP contribution >= 0.6 is 11.5 Å². The largest absolute Gasteiger partial charge is 0.335 e. The third-order valence-electron chi connectivity index (χ3n) is 0.645. The van der Waals surface area contributed by atoms with Gasteiger partial charge in [0, 0.05) is 11.4 Å². The normalized spacial score (nSPS) is 10.3. The van der Waals surface area contributed by atoms with Crippen molar-refractivity contribution in [3.8, 4) is 5.88 Å². The van der Waals surface area contributed by atoms with Gasteiger partial charge in [0.2, 0.25) is 0 Å². The Kier molecular flexibility index (Phi) is 2.21. The molecule has 0 aromatic carbocycles. The van der Waals surface area contributed by atoms with Crippen molar-refractivity contribution in [2.24, 2.45) is 5.16 Å². The van der Waals surface area contributed by atoms with Gasteiger partial charge < -0.3 is 4.84 Å². The van der Waals surface area contributed by atoms with Crippen molar-refractivity contribution in [2.45, 2.75) is 6.92 Å². The van der Waals surface area contributed by atoms with Crippen LogP contribution in [0, 0.1) is 0 Å². The number of rotatable bonds is 2. The Hall–Kier alpha value is -0.900. The Balaban J connectivity index is 2.48. The molecule has 0 bridgehead atoms. The smallest absolute Gasteiger partial charge is 0.260 e. The minimum absolute atomic E-state index is 0.523. The average molecular weight is 141 g/mol. The van der Waals surface area contributed by atoms with Gasteiger partial charge in [0.25, 0.3) is 5.88 Å². The number of aromatic nitrogens is 1. The van der Waals surface area contributed by atoms with E-state index in [0.29, 0.717) is 5.88 Å². The molecule has 0 aliphatic heterocycles. The molecule has 0 unspecified atom stereocenters. The first-order chi connectivity index (χ1) is 4.43. The maximum atomic E-state index is 4.71. The van der Waals surface area contributed by atoms with Gasteiger partial charge in [-0.3, -0.25) is 0 Å². The summed E-state index contributed by atoms with van der Waals surface area (Å²) in [4.78, 5) is 4.71. The van der Waals surface area contributed by atoms with Crippen LogP contribution in [0.4, 0.5) is 0 Å². The summed E-state index contributed by atoms with van der Waals surface area (Å²) in [6.45, 7) is 1.66. The fraction of sp³-hybridized carbons (Fsp3) is 0.200. The molecule has 1 rings (SSSR count). The van der Waals surface area contributed by atoms with Gasteiger partial charge in [0.15, 0.2) is 0 Å². The summed E-state index contributed by atoms with van der Waals surface area (Å²) < 4.78 is 3.84. The molecule has 1 aromatic heterocycles. The summed E-state index contributed by atoms with van der Waals surface area (Å²) >= 11 is 1.33. The summed E-state index contributed by atoms with van der Waals surface area (Å²) in [5, 5.41) is 5.23. The van der Waals surface area contributed by atoms with E-state index in [-0.39, 0.29) is 0 Å². The van der Waals surface area contributed by atoms with Gasteiger partial charge in [-0.25, -0.2) is 0 Å². The third-order valence-corrected chi connectivity index (χ3v) is 1.19. The second kappa shape index (κ2) is 3.19. The van der Waals surface area contributed by atoms with Crippen LogP contribution in [0.15, 0.2) is 16.6 Å². The van der Waals surface area contributed by atoms with Crippen LogP contribution in [-0.4, -0.2) is 10.6 Å². The highest BCUT2D eigenvalue weighted by Gasteiger charge is 1.89. The maximum Gasteiger partial charge on any atom is 0.260 e. The van der Waals surface area contributed by atoms with Crippen LogP contribution in [0.1, 0.15) is 6.92 Å². The Morgan fingerprint density at radius 1 is 1.89 bits per heavy atom. The zero-order chi connectivity index (χ0) is 6.53. The quantitative estimate of drug-likeness (QED) is 0.461. The average Bonchev–Trinajstić information content (AvgIpc) is 2.34. The van der Waals surface area contributed by atoms with Gasteiger partial charge in [-0.15, -0.1) is 0 Å². The monoisotopic (exact) mass is 141 g/mol. The van der Waals surface area contributed by atoms with Crippen molar-refractivity contribution in [3.05, 3.63) is 11.4 Å². The van der Waals surface area contributed by atoms with E-state index in [9.17, 15) is 0 Å². The number of hydrogen-bond acceptors (Lipinski definition) is 4. The van der Waals surface area contributed by atoms with E-state index in [1.165, 1.54) is 11.5 Å². The Labute approximate surface area is 57.1 Å². The van der Waals surface area contributed by atoms with E-state index in [0.717, 1.165) is 0 Å². The van der Waals surface area contributed by atoms with Crippen molar-refractivity contribution in [3.63, 3.8) is 0 Å². The van der Waals surface area contributed by atoms with Gasteiger partial charge in [-0.1, -0.05) is 5.16 Å². The van der Waals surface area contributed by atoms with Crippen molar-refractivity contribution >= 4 is 17.7 Å². The van der Waals surface area contributed by atoms with Crippen molar-refractivity contribution < 1.29 is 4.84 Å². The fourth-order valence-corrected chi connectivity index (χ4v) is 0.777. The predicted molar refractivity (Wildman–Crippen MR) is 35.9 cm³/mol. The molecule has 1 radical (unpaired) electrons. The molecule has 0 N–H and O–H groups in total. The van der Waals surface area contributed by atoms with Crippen LogP contribution in [-0.2, 0) is 0 Å². The van der Waals surface area contributed by atoms with E-state index < -0.39 is 0 Å². The standard InChI is InChI=1S/C5H5N2OS/c1-2-6-8-5-3-4-9-7-5/h3-4H,1H3. The lowest BCUT2D eigenvalue weighted by Crippen LogP contribution is -1.80. The molecule has 0 fully saturated rings. The molecule has 3 nitrogen and oxygen atoms in total. The van der Waals surface area contributed by atoms with Gasteiger partial charge in [0.1, 0.15) is 6.21 Å². The lowest BCUT2D eigenvalue weighted by Gasteiger charge is -1.85. The molecule has 1 aromatic rings. The van der Waals surface area contributed by atoms with Crippen LogP contribution in [0.5, 0.6) is 5.88 Å². The minimum atomic E-state index is 0.523. The molecule has 0 saturated heterocycles. The van der Waals surface area contributed by atoms with Crippen molar-refractivity contribution in [1.82, 2.24) is 4.37 Å². The van der Waals surface area contributed by atoms with Crippen molar-refractivity contribution in [1.29, 1.82) is 0 Å². The van der Waals surface area contributed by atoms with Gasteiger partial charge in [-0.05, 0) is 18.5 Å². The highest BCUT2D eigenvalue weighted by Crippen LogP contribution is 2.07. The molecule has 0 saturated carbocycles. The second-order valence-corrected chi connectivity index (χ2v) is 1.91. The van der Waals surface area contributed by atoms with Crippen LogP contribution in [0.3, 0.4) is 0 Å². The number of hydrogen-bond donors (Lipinski definition) is 0. The van der Waals surface area contributed by atoms with E-state index in [1.807, 2.05) is 5.38 Å². The molecule has 0 aliphatic carbocycles. The van der Waals surface area contributed by atoms with Gasteiger partial charge in [0.05, 0.1) is 0 Å². The molecule has 4 heteroatoms. The lowest BCUT2D eigenvalue weighted by atomic mass is 10.7. The van der Waals surface area contributed by atoms with Gasteiger partial charge >= 0.3 is 0 Å². The third kappa shape index (κ3) is 1.81. The molecule has 1 heterocycles. The molecule has 0 amide bonds. The molecular weight excluding hydrogens is 136 g/mol. The first-order valence-corrected chi connectivity index (χ1v) is 3.21. The first-order valence-electron chi connectivity index (χ1n) is 2.37. The molecule has 47 valence electrons. The highest BCUT2D eigenvalue weighted by molar-refractivity contribution is 7.03. The summed E-state index contributed by atoms with van der Waals surface area (Å²) in [6, 6.07) is 1.74. The zero-order valence-corrected chi connectivity index (χ0v) is 5.68. The SMILES string of the molecule is C[C]=NOc1ccsn1. The molecule has 0 atom stereocenters. The van der Waals surface area contributed by atoms with E-state index in [1.54, 1.807) is 13.0 Å². The first kappa shape index (κ1) is 6.22.